The van der Waals surface area contributed by atoms with Gasteiger partial charge in [-0.25, -0.2) is 4.79 Å². The molecular weight excluding hydrogens is 430 g/mol. The Morgan fingerprint density at radius 1 is 1.10 bits per heavy atom. The van der Waals surface area contributed by atoms with Crippen molar-refractivity contribution in [3.8, 4) is 11.1 Å². The molecule has 0 atom stereocenters. The van der Waals surface area contributed by atoms with E-state index in [2.05, 4.69) is 31.3 Å². The third-order valence-electron chi connectivity index (χ3n) is 4.69. The van der Waals surface area contributed by atoms with E-state index in [0.29, 0.717) is 27.1 Å². The number of rotatable bonds is 7. The first-order chi connectivity index (χ1) is 14.9. The largest absolute Gasteiger partial charge is 0.462 e. The zero-order valence-corrected chi connectivity index (χ0v) is 19.2. The first-order valence-corrected chi connectivity index (χ1v) is 11.3. The highest BCUT2D eigenvalue weighted by Gasteiger charge is 2.22. The Kier molecular flexibility index (Phi) is 7.66. The number of amides is 1. The molecule has 0 fully saturated rings. The summed E-state index contributed by atoms with van der Waals surface area (Å²) in [7, 11) is 0. The average molecular weight is 454 g/mol. The zero-order chi connectivity index (χ0) is 22.4. The number of nitrogens with one attached hydrogen (secondary N) is 1. The van der Waals surface area contributed by atoms with Crippen molar-refractivity contribution < 1.29 is 14.3 Å². The fraction of sp³-hybridized carbons (Fsp3) is 0.200. The van der Waals surface area contributed by atoms with E-state index >= 15 is 0 Å². The smallest absolute Gasteiger partial charge is 0.341 e. The molecule has 1 aromatic heterocycles. The van der Waals surface area contributed by atoms with Gasteiger partial charge in [-0.15, -0.1) is 11.3 Å². The minimum atomic E-state index is -0.475. The van der Waals surface area contributed by atoms with Crippen LogP contribution in [0.15, 0.2) is 60.0 Å². The molecule has 0 unspecified atom stereocenters. The number of anilines is 1. The maximum atomic E-state index is 12.6. The minimum absolute atomic E-state index is 0.244. The second kappa shape index (κ2) is 10.4. The van der Waals surface area contributed by atoms with E-state index in [-0.39, 0.29) is 12.5 Å². The van der Waals surface area contributed by atoms with E-state index in [9.17, 15) is 9.59 Å². The summed E-state index contributed by atoms with van der Waals surface area (Å²) in [4.78, 5) is 25.1. The van der Waals surface area contributed by atoms with Crippen molar-refractivity contribution in [2.75, 3.05) is 11.9 Å². The number of hydrogen-bond acceptors (Lipinski definition) is 4. The molecule has 160 valence electrons. The van der Waals surface area contributed by atoms with Gasteiger partial charge in [0.2, 0.25) is 5.91 Å². The number of benzene rings is 2. The van der Waals surface area contributed by atoms with Crippen molar-refractivity contribution in [3.63, 3.8) is 0 Å². The van der Waals surface area contributed by atoms with Gasteiger partial charge in [0.25, 0.3) is 0 Å². The monoisotopic (exact) mass is 453 g/mol. The van der Waals surface area contributed by atoms with Gasteiger partial charge in [0, 0.05) is 22.0 Å². The SMILES string of the molecule is CCOC(=O)c1c(-c2ccc(Cl)cc2)csc1NC(=O)C=Cc1ccc(C(C)C)cc1. The van der Waals surface area contributed by atoms with E-state index in [1.54, 1.807) is 25.1 Å². The first-order valence-electron chi connectivity index (χ1n) is 10.0. The van der Waals surface area contributed by atoms with E-state index in [1.807, 2.05) is 29.6 Å². The molecule has 0 bridgehead atoms. The van der Waals surface area contributed by atoms with Crippen molar-refractivity contribution in [2.24, 2.45) is 0 Å². The van der Waals surface area contributed by atoms with E-state index < -0.39 is 5.97 Å². The third kappa shape index (κ3) is 5.84. The highest BCUT2D eigenvalue weighted by atomic mass is 35.5. The predicted octanol–water partition coefficient (Wildman–Crippen LogP) is 7.02. The Morgan fingerprint density at radius 3 is 2.39 bits per heavy atom. The molecule has 6 heteroatoms. The molecule has 1 heterocycles. The maximum absolute atomic E-state index is 12.6. The van der Waals surface area contributed by atoms with Gasteiger partial charge in [-0.3, -0.25) is 4.79 Å². The summed E-state index contributed by atoms with van der Waals surface area (Å²) in [5, 5.41) is 5.71. The van der Waals surface area contributed by atoms with Crippen LogP contribution in [0.3, 0.4) is 0 Å². The second-order valence-electron chi connectivity index (χ2n) is 7.22. The summed E-state index contributed by atoms with van der Waals surface area (Å²) in [5.74, 6) is -0.337. The van der Waals surface area contributed by atoms with Gasteiger partial charge in [-0.2, -0.15) is 0 Å². The van der Waals surface area contributed by atoms with Crippen LogP contribution in [0.4, 0.5) is 5.00 Å². The molecule has 1 N–H and O–H groups in total. The van der Waals surface area contributed by atoms with E-state index in [0.717, 1.165) is 11.1 Å². The van der Waals surface area contributed by atoms with Gasteiger partial charge in [-0.05, 0) is 47.7 Å². The van der Waals surface area contributed by atoms with Crippen LogP contribution in [0.5, 0.6) is 0 Å². The molecule has 4 nitrogen and oxygen atoms in total. The Hall–Kier alpha value is -2.89. The van der Waals surface area contributed by atoms with Crippen LogP contribution < -0.4 is 5.32 Å². The van der Waals surface area contributed by atoms with E-state index in [4.69, 9.17) is 16.3 Å². The molecule has 0 saturated heterocycles. The third-order valence-corrected chi connectivity index (χ3v) is 5.84. The Morgan fingerprint density at radius 2 is 1.77 bits per heavy atom. The van der Waals surface area contributed by atoms with Crippen LogP contribution in [0.25, 0.3) is 17.2 Å². The number of carbonyl (C=O) groups excluding carboxylic acids is 2. The van der Waals surface area contributed by atoms with Gasteiger partial charge >= 0.3 is 5.97 Å². The summed E-state index contributed by atoms with van der Waals surface area (Å²) in [6.07, 6.45) is 3.21. The summed E-state index contributed by atoms with van der Waals surface area (Å²) in [5.41, 5.74) is 4.04. The number of hydrogen-bond donors (Lipinski definition) is 1. The Bertz CT molecular complexity index is 1080. The van der Waals surface area contributed by atoms with Crippen molar-refractivity contribution >= 4 is 45.9 Å². The second-order valence-corrected chi connectivity index (χ2v) is 8.54. The standard InChI is InChI=1S/C25H24ClNO3S/c1-4-30-25(29)23-21(19-10-12-20(26)13-11-19)15-31-24(23)27-22(28)14-7-17-5-8-18(9-6-17)16(2)3/h5-16H,4H2,1-3H3,(H,27,28). The fourth-order valence-corrected chi connectivity index (χ4v) is 4.10. The predicted molar refractivity (Wildman–Crippen MR) is 129 cm³/mol. The fourth-order valence-electron chi connectivity index (χ4n) is 3.02. The summed E-state index contributed by atoms with van der Waals surface area (Å²) in [6, 6.07) is 15.3. The molecule has 2 aromatic carbocycles. The van der Waals surface area contributed by atoms with Crippen molar-refractivity contribution in [2.45, 2.75) is 26.7 Å². The molecule has 0 aliphatic carbocycles. The molecule has 0 radical (unpaired) electrons. The number of carbonyl (C=O) groups is 2. The molecular formula is C25H24ClNO3S. The number of esters is 1. The summed E-state index contributed by atoms with van der Waals surface area (Å²) in [6.45, 7) is 6.27. The first kappa shape index (κ1) is 22.8. The molecule has 0 spiro atoms. The van der Waals surface area contributed by atoms with Gasteiger partial charge in [0.15, 0.2) is 0 Å². The molecule has 0 aliphatic rings. The summed E-state index contributed by atoms with van der Waals surface area (Å²) >= 11 is 7.27. The lowest BCUT2D eigenvalue weighted by Crippen LogP contribution is -2.12. The van der Waals surface area contributed by atoms with Crippen LogP contribution in [-0.4, -0.2) is 18.5 Å². The molecule has 0 aliphatic heterocycles. The zero-order valence-electron chi connectivity index (χ0n) is 17.6. The lowest BCUT2D eigenvalue weighted by atomic mass is 10.0. The van der Waals surface area contributed by atoms with Gasteiger partial charge in [0.1, 0.15) is 10.6 Å². The maximum Gasteiger partial charge on any atom is 0.341 e. The lowest BCUT2D eigenvalue weighted by Gasteiger charge is -2.08. The van der Waals surface area contributed by atoms with Gasteiger partial charge in [0.05, 0.1) is 6.61 Å². The van der Waals surface area contributed by atoms with Crippen LogP contribution >= 0.6 is 22.9 Å². The molecule has 0 saturated carbocycles. The minimum Gasteiger partial charge on any atom is -0.462 e. The average Bonchev–Trinajstić information content (AvgIpc) is 3.16. The highest BCUT2D eigenvalue weighted by molar-refractivity contribution is 7.15. The number of ether oxygens (including phenoxy) is 1. The number of thiophene rings is 1. The van der Waals surface area contributed by atoms with Crippen LogP contribution in [0.1, 0.15) is 48.2 Å². The van der Waals surface area contributed by atoms with Crippen LogP contribution in [0.2, 0.25) is 5.02 Å². The quantitative estimate of drug-likeness (QED) is 0.309. The van der Waals surface area contributed by atoms with Crippen LogP contribution in [-0.2, 0) is 9.53 Å². The van der Waals surface area contributed by atoms with Gasteiger partial charge < -0.3 is 10.1 Å². The molecule has 31 heavy (non-hydrogen) atoms. The molecule has 1 amide bonds. The molecule has 3 aromatic rings. The van der Waals surface area contributed by atoms with Crippen molar-refractivity contribution in [1.29, 1.82) is 0 Å². The highest BCUT2D eigenvalue weighted by Crippen LogP contribution is 2.36. The summed E-state index contributed by atoms with van der Waals surface area (Å²) < 4.78 is 5.23. The van der Waals surface area contributed by atoms with E-state index in [1.165, 1.54) is 23.0 Å². The topological polar surface area (TPSA) is 55.4 Å². The normalized spacial score (nSPS) is 11.1. The van der Waals surface area contributed by atoms with Crippen molar-refractivity contribution in [3.05, 3.63) is 81.7 Å². The lowest BCUT2D eigenvalue weighted by molar-refractivity contribution is -0.111. The van der Waals surface area contributed by atoms with Crippen molar-refractivity contribution in [1.82, 2.24) is 0 Å². The Balaban J connectivity index is 1.82. The van der Waals surface area contributed by atoms with Gasteiger partial charge in [-0.1, -0.05) is 61.8 Å². The Labute approximate surface area is 191 Å². The molecule has 3 rings (SSSR count). The number of halogens is 1. The van der Waals surface area contributed by atoms with Crippen LogP contribution in [0, 0.1) is 0 Å².